The molecule has 3 rings (SSSR count). The first kappa shape index (κ1) is 17.7. The Morgan fingerprint density at radius 1 is 1.00 bits per heavy atom. The summed E-state index contributed by atoms with van der Waals surface area (Å²) in [6.07, 6.45) is 4.06. The van der Waals surface area contributed by atoms with Crippen LogP contribution in [-0.2, 0) is 17.9 Å². The van der Waals surface area contributed by atoms with Gasteiger partial charge in [0.15, 0.2) is 0 Å². The molecule has 2 atom stereocenters. The Morgan fingerprint density at radius 2 is 1.76 bits per heavy atom. The molecule has 0 saturated heterocycles. The highest BCUT2D eigenvalue weighted by atomic mass is 16.5. The van der Waals surface area contributed by atoms with Gasteiger partial charge in [-0.25, -0.2) is 0 Å². The molecule has 2 aromatic carbocycles. The summed E-state index contributed by atoms with van der Waals surface area (Å²) in [5, 5.41) is 0. The van der Waals surface area contributed by atoms with E-state index in [2.05, 4.69) is 36.4 Å². The standard InChI is InChI=1S/C22H27NO2/c1-25-22-14-8-6-12-20(22)17-23(15-18-9-3-2-4-10-18)16-19-11-5-7-13-21(19)24/h2-4,6,8-10,12,14,19H,5,7,11,13,15-17H2,1H3/p+1/t19-/m1/s1. The van der Waals surface area contributed by atoms with Crippen molar-refractivity contribution in [3.8, 4) is 5.75 Å². The number of methoxy groups -OCH3 is 1. The highest BCUT2D eigenvalue weighted by molar-refractivity contribution is 5.81. The molecule has 3 heteroatoms. The molecule has 0 heterocycles. The third-order valence-electron chi connectivity index (χ3n) is 5.15. The van der Waals surface area contributed by atoms with Crippen LogP contribution in [0.5, 0.6) is 5.75 Å². The Bertz CT molecular complexity index is 683. The van der Waals surface area contributed by atoms with Crippen LogP contribution in [-0.4, -0.2) is 19.4 Å². The number of carbonyl (C=O) groups is 1. The van der Waals surface area contributed by atoms with Gasteiger partial charge in [-0.1, -0.05) is 48.9 Å². The SMILES string of the molecule is COc1ccccc1C[NH+](Cc1ccccc1)C[C@H]1CCCCC1=O. The van der Waals surface area contributed by atoms with Gasteiger partial charge in [-0.3, -0.25) is 4.79 Å². The van der Waals surface area contributed by atoms with Crippen molar-refractivity contribution < 1.29 is 14.4 Å². The number of carbonyl (C=O) groups excluding carboxylic acids is 1. The summed E-state index contributed by atoms with van der Waals surface area (Å²) in [6, 6.07) is 18.8. The van der Waals surface area contributed by atoms with Crippen molar-refractivity contribution in [2.75, 3.05) is 13.7 Å². The number of benzene rings is 2. The fourth-order valence-electron chi connectivity index (χ4n) is 3.83. The first-order valence-electron chi connectivity index (χ1n) is 9.28. The number of nitrogens with one attached hydrogen (secondary N) is 1. The Kier molecular flexibility index (Phi) is 6.24. The van der Waals surface area contributed by atoms with Crippen molar-refractivity contribution in [3.63, 3.8) is 0 Å². The third-order valence-corrected chi connectivity index (χ3v) is 5.15. The molecule has 25 heavy (non-hydrogen) atoms. The van der Waals surface area contributed by atoms with Gasteiger partial charge in [0.05, 0.1) is 19.6 Å². The molecule has 1 aliphatic carbocycles. The number of quaternary nitrogens is 1. The third kappa shape index (κ3) is 4.93. The van der Waals surface area contributed by atoms with Crippen LogP contribution in [0.3, 0.4) is 0 Å². The Hall–Kier alpha value is -2.13. The predicted molar refractivity (Wildman–Crippen MR) is 99.6 cm³/mol. The molecular weight excluding hydrogens is 310 g/mol. The molecule has 0 radical (unpaired) electrons. The molecule has 1 saturated carbocycles. The number of para-hydroxylation sites is 1. The fourth-order valence-corrected chi connectivity index (χ4v) is 3.83. The summed E-state index contributed by atoms with van der Waals surface area (Å²) in [7, 11) is 1.72. The quantitative estimate of drug-likeness (QED) is 0.841. The minimum absolute atomic E-state index is 0.210. The van der Waals surface area contributed by atoms with Gasteiger partial charge < -0.3 is 9.64 Å². The lowest BCUT2D eigenvalue weighted by Crippen LogP contribution is -3.10. The van der Waals surface area contributed by atoms with Crippen LogP contribution in [0, 0.1) is 5.92 Å². The van der Waals surface area contributed by atoms with Crippen molar-refractivity contribution in [2.24, 2.45) is 5.92 Å². The molecule has 0 aliphatic heterocycles. The van der Waals surface area contributed by atoms with Gasteiger partial charge in [-0.15, -0.1) is 0 Å². The van der Waals surface area contributed by atoms with Crippen LogP contribution in [0.1, 0.15) is 36.8 Å². The van der Waals surface area contributed by atoms with Crippen LogP contribution in [0.4, 0.5) is 0 Å². The lowest BCUT2D eigenvalue weighted by atomic mass is 9.87. The molecule has 0 aromatic heterocycles. The Balaban J connectivity index is 1.76. The van der Waals surface area contributed by atoms with Crippen molar-refractivity contribution in [2.45, 2.75) is 38.8 Å². The van der Waals surface area contributed by atoms with Gasteiger partial charge >= 0.3 is 0 Å². The average molecular weight is 338 g/mol. The molecule has 1 unspecified atom stereocenters. The number of ether oxygens (including phenoxy) is 1. The maximum absolute atomic E-state index is 12.3. The lowest BCUT2D eigenvalue weighted by Gasteiger charge is -2.27. The smallest absolute Gasteiger partial charge is 0.141 e. The molecule has 0 amide bonds. The van der Waals surface area contributed by atoms with Crippen LogP contribution < -0.4 is 9.64 Å². The lowest BCUT2D eigenvalue weighted by molar-refractivity contribution is -0.930. The number of hydrogen-bond donors (Lipinski definition) is 1. The molecule has 1 fully saturated rings. The van der Waals surface area contributed by atoms with Crippen molar-refractivity contribution in [1.82, 2.24) is 0 Å². The van der Waals surface area contributed by atoms with Crippen LogP contribution in [0.2, 0.25) is 0 Å². The second-order valence-electron chi connectivity index (χ2n) is 7.01. The Labute approximate surface area is 150 Å². The first-order valence-corrected chi connectivity index (χ1v) is 9.28. The molecule has 132 valence electrons. The molecule has 1 N–H and O–H groups in total. The highest BCUT2D eigenvalue weighted by Crippen LogP contribution is 2.20. The summed E-state index contributed by atoms with van der Waals surface area (Å²) >= 11 is 0. The zero-order valence-electron chi connectivity index (χ0n) is 15.0. The minimum Gasteiger partial charge on any atom is -0.496 e. The van der Waals surface area contributed by atoms with Gasteiger partial charge in [-0.05, 0) is 25.0 Å². The van der Waals surface area contributed by atoms with Crippen LogP contribution >= 0.6 is 0 Å². The van der Waals surface area contributed by atoms with Crippen LogP contribution in [0.15, 0.2) is 54.6 Å². The summed E-state index contributed by atoms with van der Waals surface area (Å²) in [5.41, 5.74) is 2.52. The van der Waals surface area contributed by atoms with Crippen LogP contribution in [0.25, 0.3) is 0 Å². The maximum atomic E-state index is 12.3. The van der Waals surface area contributed by atoms with Gasteiger partial charge in [0.25, 0.3) is 0 Å². The van der Waals surface area contributed by atoms with Crippen molar-refractivity contribution in [3.05, 3.63) is 65.7 Å². The minimum atomic E-state index is 0.210. The summed E-state index contributed by atoms with van der Waals surface area (Å²) in [5.74, 6) is 1.60. The summed E-state index contributed by atoms with van der Waals surface area (Å²) in [6.45, 7) is 2.72. The van der Waals surface area contributed by atoms with E-state index in [4.69, 9.17) is 4.74 Å². The summed E-state index contributed by atoms with van der Waals surface area (Å²) < 4.78 is 5.53. The van der Waals surface area contributed by atoms with E-state index in [0.29, 0.717) is 5.78 Å². The zero-order valence-corrected chi connectivity index (χ0v) is 15.0. The largest absolute Gasteiger partial charge is 0.496 e. The second-order valence-corrected chi connectivity index (χ2v) is 7.01. The van der Waals surface area contributed by atoms with Gasteiger partial charge in [0.2, 0.25) is 0 Å². The highest BCUT2D eigenvalue weighted by Gasteiger charge is 2.27. The number of Topliss-reactive ketones (excluding diaryl/α,β-unsaturated/α-hetero) is 1. The molecule has 0 spiro atoms. The number of hydrogen-bond acceptors (Lipinski definition) is 2. The monoisotopic (exact) mass is 338 g/mol. The first-order chi connectivity index (χ1) is 12.3. The number of ketones is 1. The van der Waals surface area contributed by atoms with Crippen molar-refractivity contribution >= 4 is 5.78 Å². The second kappa shape index (κ2) is 8.82. The predicted octanol–water partition coefficient (Wildman–Crippen LogP) is 3.04. The van der Waals surface area contributed by atoms with E-state index >= 15 is 0 Å². The van der Waals surface area contributed by atoms with Gasteiger partial charge in [-0.2, -0.15) is 0 Å². The van der Waals surface area contributed by atoms with E-state index in [0.717, 1.165) is 44.6 Å². The van der Waals surface area contributed by atoms with E-state index in [1.165, 1.54) is 22.4 Å². The van der Waals surface area contributed by atoms with Crippen molar-refractivity contribution in [1.29, 1.82) is 0 Å². The van der Waals surface area contributed by atoms with E-state index in [9.17, 15) is 4.79 Å². The zero-order chi connectivity index (χ0) is 17.5. The maximum Gasteiger partial charge on any atom is 0.141 e. The molecular formula is C22H28NO2+. The van der Waals surface area contributed by atoms with Gasteiger partial charge in [0, 0.05) is 17.5 Å². The molecule has 0 bridgehead atoms. The number of rotatable bonds is 7. The Morgan fingerprint density at radius 3 is 2.52 bits per heavy atom. The molecule has 3 nitrogen and oxygen atoms in total. The molecule has 1 aliphatic rings. The average Bonchev–Trinajstić information content (AvgIpc) is 2.65. The summed E-state index contributed by atoms with van der Waals surface area (Å²) in [4.78, 5) is 13.7. The normalized spacial score (nSPS) is 18.8. The van der Waals surface area contributed by atoms with Gasteiger partial charge in [0.1, 0.15) is 24.6 Å². The fraction of sp³-hybridized carbons (Fsp3) is 0.409. The van der Waals surface area contributed by atoms with E-state index in [-0.39, 0.29) is 5.92 Å². The molecule has 2 aromatic rings. The van der Waals surface area contributed by atoms with E-state index in [1.807, 2.05) is 18.2 Å². The topological polar surface area (TPSA) is 30.7 Å². The van der Waals surface area contributed by atoms with E-state index in [1.54, 1.807) is 7.11 Å². The van der Waals surface area contributed by atoms with E-state index < -0.39 is 0 Å².